The van der Waals surface area contributed by atoms with Gasteiger partial charge in [-0.05, 0) is 6.42 Å². The molecule has 0 aliphatic carbocycles. The average molecular weight is 187 g/mol. The molecule has 0 aliphatic heterocycles. The van der Waals surface area contributed by atoms with Crippen molar-refractivity contribution in [2.75, 3.05) is 13.8 Å². The van der Waals surface area contributed by atoms with Crippen molar-refractivity contribution in [3.05, 3.63) is 0 Å². The number of hydrogen-bond acceptors (Lipinski definition) is 2. The van der Waals surface area contributed by atoms with Crippen LogP contribution in [0.1, 0.15) is 45.4 Å². The molecule has 0 fully saturated rings. The van der Waals surface area contributed by atoms with E-state index in [-0.39, 0.29) is 5.91 Å². The van der Waals surface area contributed by atoms with Gasteiger partial charge in [0.2, 0.25) is 5.91 Å². The van der Waals surface area contributed by atoms with E-state index in [1.54, 1.807) is 7.11 Å². The maximum Gasteiger partial charge on any atom is 0.221 e. The maximum atomic E-state index is 11.0. The summed E-state index contributed by atoms with van der Waals surface area (Å²) in [5, 5.41) is 2.66. The zero-order valence-corrected chi connectivity index (χ0v) is 8.77. The lowest BCUT2D eigenvalue weighted by Crippen LogP contribution is -2.24. The van der Waals surface area contributed by atoms with Crippen molar-refractivity contribution >= 4 is 5.91 Å². The molecule has 0 aromatic carbocycles. The topological polar surface area (TPSA) is 38.3 Å². The van der Waals surface area contributed by atoms with Gasteiger partial charge in [-0.1, -0.05) is 32.6 Å². The summed E-state index contributed by atoms with van der Waals surface area (Å²) in [4.78, 5) is 11.0. The quantitative estimate of drug-likeness (QED) is 0.466. The van der Waals surface area contributed by atoms with Gasteiger partial charge in [0.15, 0.2) is 0 Å². The fourth-order valence-corrected chi connectivity index (χ4v) is 1.13. The Bertz CT molecular complexity index is 126. The van der Waals surface area contributed by atoms with Crippen LogP contribution in [0.4, 0.5) is 0 Å². The highest BCUT2D eigenvalue weighted by Crippen LogP contribution is 2.04. The molecule has 0 aromatic heterocycles. The molecule has 78 valence electrons. The number of methoxy groups -OCH3 is 1. The molecule has 1 N–H and O–H groups in total. The van der Waals surface area contributed by atoms with Crippen LogP contribution in [0.25, 0.3) is 0 Å². The van der Waals surface area contributed by atoms with E-state index in [1.165, 1.54) is 19.3 Å². The number of carbonyl (C=O) groups excluding carboxylic acids is 1. The molecular formula is C10H21NO2. The molecule has 0 saturated heterocycles. The second kappa shape index (κ2) is 9.52. The van der Waals surface area contributed by atoms with E-state index in [4.69, 9.17) is 4.74 Å². The molecule has 0 rings (SSSR count). The lowest BCUT2D eigenvalue weighted by Gasteiger charge is -2.02. The van der Waals surface area contributed by atoms with E-state index in [1.807, 2.05) is 0 Å². The van der Waals surface area contributed by atoms with Crippen LogP contribution in [-0.2, 0) is 9.53 Å². The third-order valence-corrected chi connectivity index (χ3v) is 1.92. The largest absolute Gasteiger partial charge is 0.364 e. The van der Waals surface area contributed by atoms with Gasteiger partial charge in [0.1, 0.15) is 6.73 Å². The first kappa shape index (κ1) is 12.4. The van der Waals surface area contributed by atoms with Gasteiger partial charge in [0.25, 0.3) is 0 Å². The summed E-state index contributed by atoms with van der Waals surface area (Å²) >= 11 is 0. The molecule has 0 radical (unpaired) electrons. The maximum absolute atomic E-state index is 11.0. The second-order valence-corrected chi connectivity index (χ2v) is 3.20. The molecule has 0 unspecified atom stereocenters. The minimum absolute atomic E-state index is 0.0957. The van der Waals surface area contributed by atoms with Gasteiger partial charge in [0.05, 0.1) is 0 Å². The molecular weight excluding hydrogens is 166 g/mol. The molecule has 0 bridgehead atoms. The van der Waals surface area contributed by atoms with Gasteiger partial charge in [0, 0.05) is 13.5 Å². The Morgan fingerprint density at radius 2 is 1.92 bits per heavy atom. The number of ether oxygens (including phenoxy) is 1. The summed E-state index contributed by atoms with van der Waals surface area (Å²) in [6.45, 7) is 2.51. The van der Waals surface area contributed by atoms with E-state index in [2.05, 4.69) is 12.2 Å². The fourth-order valence-electron chi connectivity index (χ4n) is 1.13. The Kier molecular flexibility index (Phi) is 9.10. The van der Waals surface area contributed by atoms with Crippen LogP contribution in [-0.4, -0.2) is 19.7 Å². The summed E-state index contributed by atoms with van der Waals surface area (Å²) in [6, 6.07) is 0. The normalized spacial score (nSPS) is 10.0. The fraction of sp³-hybridized carbons (Fsp3) is 0.900. The van der Waals surface area contributed by atoms with E-state index in [0.29, 0.717) is 13.2 Å². The van der Waals surface area contributed by atoms with E-state index in [0.717, 1.165) is 12.8 Å². The van der Waals surface area contributed by atoms with Crippen molar-refractivity contribution < 1.29 is 9.53 Å². The van der Waals surface area contributed by atoms with Crippen LogP contribution in [0.2, 0.25) is 0 Å². The lowest BCUT2D eigenvalue weighted by atomic mass is 10.1. The van der Waals surface area contributed by atoms with Gasteiger partial charge in [-0.15, -0.1) is 0 Å². The van der Waals surface area contributed by atoms with Crippen LogP contribution in [0.5, 0.6) is 0 Å². The number of hydrogen-bond donors (Lipinski definition) is 1. The molecule has 13 heavy (non-hydrogen) atoms. The Hall–Kier alpha value is -0.570. The predicted molar refractivity (Wildman–Crippen MR) is 53.4 cm³/mol. The summed E-state index contributed by atoms with van der Waals surface area (Å²) in [5.74, 6) is 0.0957. The second-order valence-electron chi connectivity index (χ2n) is 3.20. The average Bonchev–Trinajstić information content (AvgIpc) is 2.14. The van der Waals surface area contributed by atoms with Gasteiger partial charge in [-0.2, -0.15) is 0 Å². The summed E-state index contributed by atoms with van der Waals surface area (Å²) in [7, 11) is 1.57. The van der Waals surface area contributed by atoms with Gasteiger partial charge < -0.3 is 10.1 Å². The van der Waals surface area contributed by atoms with Crippen molar-refractivity contribution in [3.63, 3.8) is 0 Å². The van der Waals surface area contributed by atoms with Crippen molar-refractivity contribution in [2.45, 2.75) is 45.4 Å². The smallest absolute Gasteiger partial charge is 0.221 e. The van der Waals surface area contributed by atoms with Crippen LogP contribution < -0.4 is 5.32 Å². The first-order valence-electron chi connectivity index (χ1n) is 5.07. The minimum Gasteiger partial charge on any atom is -0.364 e. The highest BCUT2D eigenvalue weighted by Gasteiger charge is 1.98. The van der Waals surface area contributed by atoms with Gasteiger partial charge in [-0.25, -0.2) is 0 Å². The first-order chi connectivity index (χ1) is 6.31. The first-order valence-corrected chi connectivity index (χ1v) is 5.07. The van der Waals surface area contributed by atoms with E-state index < -0.39 is 0 Å². The monoisotopic (exact) mass is 187 g/mol. The lowest BCUT2D eigenvalue weighted by molar-refractivity contribution is -0.122. The van der Waals surface area contributed by atoms with Crippen LogP contribution in [0, 0.1) is 0 Å². The highest BCUT2D eigenvalue weighted by atomic mass is 16.5. The summed E-state index contributed by atoms with van der Waals surface area (Å²) < 4.78 is 4.73. The van der Waals surface area contributed by atoms with Gasteiger partial charge >= 0.3 is 0 Å². The molecule has 0 heterocycles. The summed E-state index contributed by atoms with van der Waals surface area (Å²) in [6.07, 6.45) is 6.56. The Morgan fingerprint density at radius 1 is 1.23 bits per heavy atom. The molecule has 0 atom stereocenters. The Balaban J connectivity index is 3.08. The minimum atomic E-state index is 0.0957. The van der Waals surface area contributed by atoms with Crippen molar-refractivity contribution in [2.24, 2.45) is 0 Å². The molecule has 0 spiro atoms. The predicted octanol–water partition coefficient (Wildman–Crippen LogP) is 2.07. The third-order valence-electron chi connectivity index (χ3n) is 1.92. The summed E-state index contributed by atoms with van der Waals surface area (Å²) in [5.41, 5.74) is 0. The Morgan fingerprint density at radius 3 is 2.54 bits per heavy atom. The molecule has 1 amide bonds. The van der Waals surface area contributed by atoms with Crippen molar-refractivity contribution in [1.82, 2.24) is 5.32 Å². The van der Waals surface area contributed by atoms with Crippen molar-refractivity contribution in [1.29, 1.82) is 0 Å². The van der Waals surface area contributed by atoms with Gasteiger partial charge in [-0.3, -0.25) is 4.79 Å². The number of amides is 1. The Labute approximate surface area is 80.8 Å². The van der Waals surface area contributed by atoms with E-state index >= 15 is 0 Å². The van der Waals surface area contributed by atoms with Crippen LogP contribution in [0.3, 0.4) is 0 Å². The van der Waals surface area contributed by atoms with Crippen molar-refractivity contribution in [3.8, 4) is 0 Å². The molecule has 0 aliphatic rings. The number of nitrogens with one attached hydrogen (secondary N) is 1. The standard InChI is InChI=1S/C10H21NO2/c1-3-4-5-6-7-8-10(12)11-9-13-2/h3-9H2,1-2H3,(H,11,12). The molecule has 0 aromatic rings. The van der Waals surface area contributed by atoms with E-state index in [9.17, 15) is 4.79 Å². The third kappa shape index (κ3) is 9.34. The van der Waals surface area contributed by atoms with Crippen LogP contribution >= 0.6 is 0 Å². The zero-order chi connectivity index (χ0) is 9.94. The molecule has 3 heteroatoms. The molecule has 3 nitrogen and oxygen atoms in total. The number of carbonyl (C=O) groups is 1. The number of unbranched alkanes of at least 4 members (excludes halogenated alkanes) is 4. The SMILES string of the molecule is CCCCCCCC(=O)NCOC. The number of rotatable bonds is 8. The highest BCUT2D eigenvalue weighted by molar-refractivity contribution is 5.75. The van der Waals surface area contributed by atoms with Crippen LogP contribution in [0.15, 0.2) is 0 Å². The zero-order valence-electron chi connectivity index (χ0n) is 8.77. The molecule has 0 saturated carbocycles.